The van der Waals surface area contributed by atoms with Crippen LogP contribution in [0.1, 0.15) is 11.1 Å². The summed E-state index contributed by atoms with van der Waals surface area (Å²) >= 11 is 0. The third-order valence-corrected chi connectivity index (χ3v) is 9.75. The van der Waals surface area contributed by atoms with E-state index in [0.29, 0.717) is 0 Å². The van der Waals surface area contributed by atoms with Gasteiger partial charge in [0.1, 0.15) is 0 Å². The van der Waals surface area contributed by atoms with E-state index in [1.807, 2.05) is 0 Å². The zero-order valence-electron chi connectivity index (χ0n) is 26.0. The van der Waals surface area contributed by atoms with Gasteiger partial charge in [-0.05, 0) is 106 Å². The van der Waals surface area contributed by atoms with Gasteiger partial charge in [0.2, 0.25) is 0 Å². The van der Waals surface area contributed by atoms with Gasteiger partial charge in [0, 0.05) is 0 Å². The van der Waals surface area contributed by atoms with Crippen LogP contribution in [0, 0.1) is 0 Å². The Morgan fingerprint density at radius 3 is 1.51 bits per heavy atom. The van der Waals surface area contributed by atoms with Gasteiger partial charge < -0.3 is 0 Å². The van der Waals surface area contributed by atoms with Crippen LogP contribution in [-0.4, -0.2) is 0 Å². The van der Waals surface area contributed by atoms with Gasteiger partial charge in [0.25, 0.3) is 0 Å². The van der Waals surface area contributed by atoms with Crippen molar-refractivity contribution in [2.75, 3.05) is 0 Å². The molecule has 0 N–H and O–H groups in total. The normalized spacial score (nSPS) is 11.5. The highest BCUT2D eigenvalue weighted by Crippen LogP contribution is 2.45. The summed E-state index contributed by atoms with van der Waals surface area (Å²) in [6.07, 6.45) is 0.854. The summed E-state index contributed by atoms with van der Waals surface area (Å²) in [5, 5.41) is 10.3. The molecule has 47 heavy (non-hydrogen) atoms. The largest absolute Gasteiger partial charge is 0.0622 e. The second-order valence-electron chi connectivity index (χ2n) is 12.4. The third-order valence-electron chi connectivity index (χ3n) is 9.75. The van der Waals surface area contributed by atoms with Crippen molar-refractivity contribution in [2.24, 2.45) is 0 Å². The van der Waals surface area contributed by atoms with Crippen molar-refractivity contribution in [3.05, 3.63) is 193 Å². The van der Waals surface area contributed by atoms with E-state index in [9.17, 15) is 0 Å². The fraction of sp³-hybridized carbons (Fsp3) is 0.0213. The molecule has 0 bridgehead atoms. The van der Waals surface area contributed by atoms with Gasteiger partial charge in [-0.3, -0.25) is 0 Å². The van der Waals surface area contributed by atoms with Crippen LogP contribution in [0.5, 0.6) is 0 Å². The topological polar surface area (TPSA) is 0 Å². The molecular formula is C47H32. The number of fused-ring (bicyclic) bond motifs is 5. The lowest BCUT2D eigenvalue weighted by Gasteiger charge is -2.20. The fourth-order valence-electron chi connectivity index (χ4n) is 7.58. The van der Waals surface area contributed by atoms with Crippen molar-refractivity contribution in [2.45, 2.75) is 6.42 Å². The Bertz CT molecular complexity index is 2520. The van der Waals surface area contributed by atoms with Gasteiger partial charge >= 0.3 is 0 Å². The quantitative estimate of drug-likeness (QED) is 0.137. The van der Waals surface area contributed by atoms with Crippen LogP contribution in [-0.2, 0) is 6.42 Å². The monoisotopic (exact) mass is 596 g/mol. The van der Waals surface area contributed by atoms with E-state index in [2.05, 4.69) is 182 Å². The molecule has 0 fully saturated rings. The van der Waals surface area contributed by atoms with Crippen molar-refractivity contribution < 1.29 is 0 Å². The molecule has 9 rings (SSSR count). The third kappa shape index (κ3) is 4.69. The molecule has 0 atom stereocenters. The van der Waals surface area contributed by atoms with E-state index in [-0.39, 0.29) is 0 Å². The Balaban J connectivity index is 1.31. The van der Waals surface area contributed by atoms with Gasteiger partial charge in [-0.25, -0.2) is 0 Å². The van der Waals surface area contributed by atoms with Crippen LogP contribution in [0.3, 0.4) is 0 Å². The van der Waals surface area contributed by atoms with Gasteiger partial charge in [-0.15, -0.1) is 0 Å². The molecule has 0 aliphatic rings. The summed E-state index contributed by atoms with van der Waals surface area (Å²) in [4.78, 5) is 0. The SMILES string of the molecule is c1ccc(-c2ccc3cc(-c4c5ccccc5c(Cc5ccccc5-c5ccccc5)c5ccccc45)c4ccccc4c3c2)cc1. The molecule has 0 aromatic heterocycles. The van der Waals surface area contributed by atoms with Crippen molar-refractivity contribution >= 4 is 43.1 Å². The van der Waals surface area contributed by atoms with E-state index >= 15 is 0 Å². The second kappa shape index (κ2) is 11.4. The lowest BCUT2D eigenvalue weighted by Crippen LogP contribution is -1.97. The Hall–Kier alpha value is -5.98. The van der Waals surface area contributed by atoms with E-state index < -0.39 is 0 Å². The Labute approximate surface area is 275 Å². The van der Waals surface area contributed by atoms with Crippen molar-refractivity contribution in [1.82, 2.24) is 0 Å². The molecule has 0 nitrogen and oxygen atoms in total. The predicted octanol–water partition coefficient (Wildman–Crippen LogP) is 12.9. The lowest BCUT2D eigenvalue weighted by atomic mass is 9.83. The fourth-order valence-corrected chi connectivity index (χ4v) is 7.58. The van der Waals surface area contributed by atoms with Crippen LogP contribution in [0.4, 0.5) is 0 Å². The van der Waals surface area contributed by atoms with Crippen molar-refractivity contribution in [3.63, 3.8) is 0 Å². The molecular weight excluding hydrogens is 565 g/mol. The molecule has 9 aromatic rings. The number of benzene rings is 9. The minimum Gasteiger partial charge on any atom is -0.0622 e. The second-order valence-corrected chi connectivity index (χ2v) is 12.4. The van der Waals surface area contributed by atoms with Crippen LogP contribution in [0.2, 0.25) is 0 Å². The summed E-state index contributed by atoms with van der Waals surface area (Å²) in [5.41, 5.74) is 10.3. The zero-order chi connectivity index (χ0) is 31.2. The maximum atomic E-state index is 2.42. The molecule has 220 valence electrons. The maximum Gasteiger partial charge on any atom is -0.000728 e. The molecule has 9 aromatic carbocycles. The number of hydrogen-bond acceptors (Lipinski definition) is 0. The van der Waals surface area contributed by atoms with Crippen LogP contribution in [0.15, 0.2) is 182 Å². The highest BCUT2D eigenvalue weighted by Gasteiger charge is 2.19. The molecule has 0 aliphatic carbocycles. The van der Waals surface area contributed by atoms with Gasteiger partial charge in [-0.2, -0.15) is 0 Å². The first kappa shape index (κ1) is 27.3. The number of rotatable bonds is 5. The summed E-state index contributed by atoms with van der Waals surface area (Å²) in [6, 6.07) is 66.7. The van der Waals surface area contributed by atoms with E-state index in [1.54, 1.807) is 0 Å². The van der Waals surface area contributed by atoms with Crippen molar-refractivity contribution in [3.8, 4) is 33.4 Å². The average Bonchev–Trinajstić information content (AvgIpc) is 3.15. The first-order valence-corrected chi connectivity index (χ1v) is 16.4. The van der Waals surface area contributed by atoms with E-state index in [0.717, 1.165) is 6.42 Å². The molecule has 0 saturated carbocycles. The predicted molar refractivity (Wildman–Crippen MR) is 202 cm³/mol. The molecule has 0 unspecified atom stereocenters. The highest BCUT2D eigenvalue weighted by molar-refractivity contribution is 6.22. The summed E-state index contributed by atoms with van der Waals surface area (Å²) < 4.78 is 0. The van der Waals surface area contributed by atoms with Gasteiger partial charge in [-0.1, -0.05) is 170 Å². The lowest BCUT2D eigenvalue weighted by molar-refractivity contribution is 1.23. The van der Waals surface area contributed by atoms with E-state index in [4.69, 9.17) is 0 Å². The molecule has 0 amide bonds. The van der Waals surface area contributed by atoms with Crippen molar-refractivity contribution in [1.29, 1.82) is 0 Å². The van der Waals surface area contributed by atoms with Crippen LogP contribution in [0.25, 0.3) is 76.5 Å². The van der Waals surface area contributed by atoms with Crippen LogP contribution < -0.4 is 0 Å². The van der Waals surface area contributed by atoms with E-state index in [1.165, 1.54) is 87.6 Å². The molecule has 0 saturated heterocycles. The molecule has 0 aliphatic heterocycles. The summed E-state index contributed by atoms with van der Waals surface area (Å²) in [7, 11) is 0. The Morgan fingerprint density at radius 2 is 0.830 bits per heavy atom. The smallest absolute Gasteiger partial charge is 0.000728 e. The Morgan fingerprint density at radius 1 is 0.298 bits per heavy atom. The number of hydrogen-bond donors (Lipinski definition) is 0. The zero-order valence-corrected chi connectivity index (χ0v) is 26.0. The Kier molecular flexibility index (Phi) is 6.65. The minimum atomic E-state index is 0.854. The maximum absolute atomic E-state index is 2.42. The first-order valence-electron chi connectivity index (χ1n) is 16.4. The molecule has 0 radical (unpaired) electrons. The molecule has 0 spiro atoms. The molecule has 0 heteroatoms. The van der Waals surface area contributed by atoms with Gasteiger partial charge in [0.05, 0.1) is 0 Å². The highest BCUT2D eigenvalue weighted by atomic mass is 14.2. The average molecular weight is 597 g/mol. The summed E-state index contributed by atoms with van der Waals surface area (Å²) in [5.74, 6) is 0. The van der Waals surface area contributed by atoms with Crippen LogP contribution >= 0.6 is 0 Å². The standard InChI is InChI=1S/C47H32/c1-3-15-32(16-4-1)34-27-28-36-31-46(39-22-10-9-21-38(39)44(36)29-34)47-42-25-13-11-23-40(42)45(41-24-12-14-26-43(41)47)30-35-19-7-8-20-37(35)33-17-5-2-6-18-33/h1-29,31H,30H2. The summed E-state index contributed by atoms with van der Waals surface area (Å²) in [6.45, 7) is 0. The first-order chi connectivity index (χ1) is 23.3. The molecule has 0 heterocycles. The minimum absolute atomic E-state index is 0.854. The van der Waals surface area contributed by atoms with Gasteiger partial charge in [0.15, 0.2) is 0 Å².